The number of aliphatic carboxylic acids is 2. The molecule has 0 heterocycles. The monoisotopic (exact) mass is 912 g/mol. The van der Waals surface area contributed by atoms with E-state index in [4.69, 9.17) is 31.6 Å². The number of hydrogen-bond acceptors (Lipinski definition) is 10. The molecule has 0 spiro atoms. The molecule has 2 atom stereocenters. The first kappa shape index (κ1) is 55.3. The molecule has 6 rings (SSSR count). The predicted octanol–water partition coefficient (Wildman–Crippen LogP) is 5.95. The summed E-state index contributed by atoms with van der Waals surface area (Å²) >= 11 is 0. The molecule has 332 valence electrons. The van der Waals surface area contributed by atoms with Gasteiger partial charge in [-0.25, -0.2) is 0 Å². The van der Waals surface area contributed by atoms with Crippen molar-refractivity contribution in [3.05, 3.63) is 96.1 Å². The third-order valence-corrected chi connectivity index (χ3v) is 12.1. The summed E-state index contributed by atoms with van der Waals surface area (Å²) in [4.78, 5) is 23.5. The van der Waals surface area contributed by atoms with Crippen LogP contribution in [0.3, 0.4) is 0 Å². The molecule has 0 aromatic heterocycles. The Balaban J connectivity index is 0.000000562. The third kappa shape index (κ3) is 14.7. The van der Waals surface area contributed by atoms with E-state index in [-0.39, 0.29) is 86.2 Å². The van der Waals surface area contributed by atoms with E-state index in [0.29, 0.717) is 38.5 Å². The number of nitrogens with one attached hydrogen (secondary N) is 2. The van der Waals surface area contributed by atoms with Crippen molar-refractivity contribution in [1.82, 2.24) is 10.6 Å². The first-order chi connectivity index (χ1) is 26.8. The zero-order valence-corrected chi connectivity index (χ0v) is 37.0. The summed E-state index contributed by atoms with van der Waals surface area (Å²) in [7, 11) is -2.69. The average molecular weight is 914 g/mol. The fourth-order valence-electron chi connectivity index (χ4n) is 8.27. The molecular formula is C42H62B2Cl4N4O8. The number of carboxylic acids is 2. The minimum absolute atomic E-state index is 0. The van der Waals surface area contributed by atoms with Crippen molar-refractivity contribution < 1.29 is 39.9 Å². The number of rotatable bonds is 20. The Morgan fingerprint density at radius 1 is 0.550 bits per heavy atom. The Morgan fingerprint density at radius 3 is 1.22 bits per heavy atom. The molecule has 2 aliphatic carbocycles. The number of benzene rings is 4. The van der Waals surface area contributed by atoms with E-state index in [1.807, 2.05) is 24.3 Å². The lowest BCUT2D eigenvalue weighted by atomic mass is 9.66. The Labute approximate surface area is 378 Å². The second-order valence-corrected chi connectivity index (χ2v) is 15.9. The van der Waals surface area contributed by atoms with Crippen molar-refractivity contribution in [2.45, 2.75) is 113 Å². The molecule has 2 aliphatic rings. The molecule has 12 N–H and O–H groups in total. The van der Waals surface area contributed by atoms with Crippen LogP contribution in [0.25, 0.3) is 21.5 Å². The Kier molecular flexibility index (Phi) is 24.0. The van der Waals surface area contributed by atoms with E-state index in [0.717, 1.165) is 38.8 Å². The lowest BCUT2D eigenvalue weighted by Gasteiger charge is -2.45. The summed E-state index contributed by atoms with van der Waals surface area (Å²) in [5.41, 5.74) is 12.5. The minimum Gasteiger partial charge on any atom is -0.480 e. The average Bonchev–Trinajstić information content (AvgIpc) is 3.14. The van der Waals surface area contributed by atoms with Gasteiger partial charge >= 0.3 is 26.2 Å². The lowest BCUT2D eigenvalue weighted by molar-refractivity contribution is -0.149. The molecule has 0 amide bonds. The number of carbonyl (C=O) groups is 2. The van der Waals surface area contributed by atoms with E-state index in [1.54, 1.807) is 0 Å². The molecule has 0 radical (unpaired) electrons. The molecule has 60 heavy (non-hydrogen) atoms. The molecule has 0 aliphatic heterocycles. The highest BCUT2D eigenvalue weighted by atomic mass is 35.5. The largest absolute Gasteiger partial charge is 0.480 e. The van der Waals surface area contributed by atoms with Crippen molar-refractivity contribution in [3.63, 3.8) is 0 Å². The topological polar surface area (TPSA) is 232 Å². The van der Waals surface area contributed by atoms with Crippen LogP contribution >= 0.6 is 49.6 Å². The summed E-state index contributed by atoms with van der Waals surface area (Å²) in [5, 5.41) is 66.9. The van der Waals surface area contributed by atoms with Crippen LogP contribution in [0.15, 0.2) is 84.9 Å². The normalized spacial score (nSPS) is 19.7. The van der Waals surface area contributed by atoms with Gasteiger partial charge in [-0.2, -0.15) is 0 Å². The summed E-state index contributed by atoms with van der Waals surface area (Å²) in [5.74, 6) is -2.05. The van der Waals surface area contributed by atoms with Crippen LogP contribution in [0, 0.1) is 11.8 Å². The number of nitrogens with two attached hydrogens (primary N) is 2. The van der Waals surface area contributed by atoms with Gasteiger partial charge in [0.25, 0.3) is 0 Å². The maximum atomic E-state index is 11.8. The first-order valence-corrected chi connectivity index (χ1v) is 20.0. The van der Waals surface area contributed by atoms with Crippen molar-refractivity contribution in [2.24, 2.45) is 23.3 Å². The van der Waals surface area contributed by atoms with E-state index < -0.39 is 37.3 Å². The summed E-state index contributed by atoms with van der Waals surface area (Å²) in [6.07, 6.45) is 6.45. The maximum Gasteiger partial charge on any atom is 0.451 e. The molecule has 0 bridgehead atoms. The number of hydrogen-bond donors (Lipinski definition) is 10. The van der Waals surface area contributed by atoms with Gasteiger partial charge in [0.1, 0.15) is 11.1 Å². The van der Waals surface area contributed by atoms with Gasteiger partial charge in [0.15, 0.2) is 0 Å². The third-order valence-electron chi connectivity index (χ3n) is 12.1. The predicted molar refractivity (Wildman–Crippen MR) is 250 cm³/mol. The van der Waals surface area contributed by atoms with Gasteiger partial charge in [-0.05, 0) is 95.7 Å². The molecule has 2 saturated carbocycles. The SMILES string of the molecule is Cl.Cl.Cl.Cl.NC(CCCCB(O)O)(C(=O)O)C1CC(NCc2cccc3ccccc23)C1.NC(CCCCB(O)O)(C(=O)O)[C@H]1C[C@@H](NCc2cccc3ccccc23)C1. The Hall–Kier alpha value is -2.69. The Bertz CT molecular complexity index is 1770. The van der Waals surface area contributed by atoms with Crippen LogP contribution in [0.5, 0.6) is 0 Å². The number of carboxylic acid groups (broad SMARTS) is 2. The van der Waals surface area contributed by atoms with Gasteiger partial charge in [-0.3, -0.25) is 9.59 Å². The van der Waals surface area contributed by atoms with E-state index >= 15 is 0 Å². The second kappa shape index (κ2) is 26.1. The van der Waals surface area contributed by atoms with Crippen LogP contribution < -0.4 is 22.1 Å². The van der Waals surface area contributed by atoms with E-state index in [9.17, 15) is 19.8 Å². The van der Waals surface area contributed by atoms with Crippen LogP contribution in [-0.4, -0.2) is 79.6 Å². The van der Waals surface area contributed by atoms with Crippen LogP contribution in [0.1, 0.15) is 75.3 Å². The van der Waals surface area contributed by atoms with E-state index in [2.05, 4.69) is 71.3 Å². The lowest BCUT2D eigenvalue weighted by Crippen LogP contribution is -2.61. The van der Waals surface area contributed by atoms with Gasteiger partial charge in [-0.15, -0.1) is 49.6 Å². The summed E-state index contributed by atoms with van der Waals surface area (Å²) in [6.45, 7) is 1.50. The van der Waals surface area contributed by atoms with Gasteiger partial charge in [0.05, 0.1) is 0 Å². The molecule has 18 heteroatoms. The Morgan fingerprint density at radius 2 is 0.883 bits per heavy atom. The highest BCUT2D eigenvalue weighted by Crippen LogP contribution is 2.40. The van der Waals surface area contributed by atoms with Crippen LogP contribution in [-0.2, 0) is 22.7 Å². The number of halogens is 4. The van der Waals surface area contributed by atoms with Crippen molar-refractivity contribution in [2.75, 3.05) is 0 Å². The highest BCUT2D eigenvalue weighted by molar-refractivity contribution is 6.41. The van der Waals surface area contributed by atoms with Crippen LogP contribution in [0.4, 0.5) is 0 Å². The molecule has 4 aromatic carbocycles. The molecular weight excluding hydrogens is 852 g/mol. The number of fused-ring (bicyclic) bond motifs is 2. The van der Waals surface area contributed by atoms with Crippen molar-refractivity contribution in [1.29, 1.82) is 0 Å². The maximum absolute atomic E-state index is 11.8. The smallest absolute Gasteiger partial charge is 0.451 e. The zero-order chi connectivity index (χ0) is 40.3. The van der Waals surface area contributed by atoms with Crippen molar-refractivity contribution >= 4 is 97.3 Å². The summed E-state index contributed by atoms with van der Waals surface area (Å²) in [6, 6.07) is 29.7. The van der Waals surface area contributed by atoms with Gasteiger partial charge in [-0.1, -0.05) is 111 Å². The number of unbranched alkanes of at least 4 members (excludes halogenated alkanes) is 2. The molecule has 0 saturated heterocycles. The summed E-state index contributed by atoms with van der Waals surface area (Å²) < 4.78 is 0. The van der Waals surface area contributed by atoms with Gasteiger partial charge < -0.3 is 52.4 Å². The fraction of sp³-hybridized carbons (Fsp3) is 0.476. The minimum atomic E-state index is -1.34. The highest BCUT2D eigenvalue weighted by Gasteiger charge is 2.49. The standard InChI is InChI=1S/2C21H29BN2O4.4ClH/c2*23-21(20(25)26,10-3-4-11-22(27)28)17-12-18(13-17)24-14-16-8-5-7-15-6-1-2-9-19(15)16;;;;/h2*1-2,5-9,17-18,24,27-28H,3-4,10-14,23H2,(H,25,26);4*1H/t17-,18+,21?;;;;;. The molecule has 2 unspecified atom stereocenters. The first-order valence-electron chi connectivity index (χ1n) is 20.0. The fourth-order valence-corrected chi connectivity index (χ4v) is 8.27. The molecule has 2 fully saturated rings. The second-order valence-electron chi connectivity index (χ2n) is 15.9. The quantitative estimate of drug-likeness (QED) is 0.0366. The van der Waals surface area contributed by atoms with Gasteiger partial charge in [0.2, 0.25) is 0 Å². The molecule has 12 nitrogen and oxygen atoms in total. The van der Waals surface area contributed by atoms with Gasteiger partial charge in [0, 0.05) is 25.2 Å². The van der Waals surface area contributed by atoms with Crippen molar-refractivity contribution in [3.8, 4) is 0 Å². The zero-order valence-electron chi connectivity index (χ0n) is 33.7. The molecule has 4 aromatic rings. The van der Waals surface area contributed by atoms with Crippen LogP contribution in [0.2, 0.25) is 12.6 Å². The van der Waals surface area contributed by atoms with E-state index in [1.165, 1.54) is 32.7 Å².